The maximum Gasteiger partial charge on any atom is 0.233 e. The predicted octanol–water partition coefficient (Wildman–Crippen LogP) is 3.23. The number of imidazole rings is 1. The Morgan fingerprint density at radius 1 is 1.43 bits per heavy atom. The van der Waals surface area contributed by atoms with Crippen molar-refractivity contribution in [3.63, 3.8) is 0 Å². The molecule has 2 heterocycles. The summed E-state index contributed by atoms with van der Waals surface area (Å²) < 4.78 is 31.5. The average molecular weight is 337 g/mol. The van der Waals surface area contributed by atoms with Crippen LogP contribution in [0.25, 0.3) is 11.0 Å². The number of halogens is 2. The number of thioether (sulfide) groups is 1. The first-order valence-electron chi connectivity index (χ1n) is 6.84. The molecule has 2 aromatic heterocycles. The standard InChI is InChI=1S/C15H13F2N3O2S/c1-8(14(21)18-7-9-3-2-4-22-9)23-15-19-12-5-10(16)11(17)6-13(12)20-15/h2-6,8H,7H2,1H3,(H,18,21)(H,19,20)/t8-/m1/s1. The molecule has 0 aliphatic rings. The Morgan fingerprint density at radius 3 is 2.96 bits per heavy atom. The van der Waals surface area contributed by atoms with E-state index in [0.29, 0.717) is 28.5 Å². The van der Waals surface area contributed by atoms with Gasteiger partial charge in [0.05, 0.1) is 29.1 Å². The molecule has 0 radical (unpaired) electrons. The highest BCUT2D eigenvalue weighted by Crippen LogP contribution is 2.24. The van der Waals surface area contributed by atoms with Crippen molar-refractivity contribution >= 4 is 28.7 Å². The molecule has 3 rings (SSSR count). The summed E-state index contributed by atoms with van der Waals surface area (Å²) in [6, 6.07) is 5.57. The number of furan rings is 1. The molecule has 0 saturated heterocycles. The third-order valence-corrected chi connectivity index (χ3v) is 4.16. The van der Waals surface area contributed by atoms with Crippen LogP contribution in [-0.2, 0) is 11.3 Å². The maximum atomic E-state index is 13.2. The van der Waals surface area contributed by atoms with Crippen molar-refractivity contribution in [2.75, 3.05) is 0 Å². The van der Waals surface area contributed by atoms with Crippen molar-refractivity contribution in [2.45, 2.75) is 23.9 Å². The van der Waals surface area contributed by atoms with E-state index in [1.165, 1.54) is 18.0 Å². The molecule has 120 valence electrons. The normalized spacial score (nSPS) is 12.5. The third kappa shape index (κ3) is 3.53. The third-order valence-electron chi connectivity index (χ3n) is 3.18. The first-order valence-corrected chi connectivity index (χ1v) is 7.72. The topological polar surface area (TPSA) is 70.9 Å². The number of amides is 1. The predicted molar refractivity (Wildman–Crippen MR) is 81.9 cm³/mol. The summed E-state index contributed by atoms with van der Waals surface area (Å²) >= 11 is 1.17. The summed E-state index contributed by atoms with van der Waals surface area (Å²) in [5.74, 6) is -1.43. The van der Waals surface area contributed by atoms with Crippen LogP contribution in [0.4, 0.5) is 8.78 Å². The van der Waals surface area contributed by atoms with Gasteiger partial charge in [0, 0.05) is 12.1 Å². The minimum atomic E-state index is -0.954. The number of carbonyl (C=O) groups excluding carboxylic acids is 1. The fourth-order valence-corrected chi connectivity index (χ4v) is 2.83. The van der Waals surface area contributed by atoms with Gasteiger partial charge in [-0.15, -0.1) is 0 Å². The first kappa shape index (κ1) is 15.5. The first-order chi connectivity index (χ1) is 11.0. The van der Waals surface area contributed by atoms with Crippen molar-refractivity contribution in [3.8, 4) is 0 Å². The molecule has 5 nitrogen and oxygen atoms in total. The summed E-state index contributed by atoms with van der Waals surface area (Å²) in [5, 5.41) is 2.73. The molecule has 8 heteroatoms. The number of nitrogens with one attached hydrogen (secondary N) is 2. The molecule has 0 fully saturated rings. The zero-order valence-corrected chi connectivity index (χ0v) is 12.9. The van der Waals surface area contributed by atoms with E-state index < -0.39 is 16.9 Å². The molecular formula is C15H13F2N3O2S. The number of aromatic nitrogens is 2. The van der Waals surface area contributed by atoms with Gasteiger partial charge < -0.3 is 14.7 Å². The maximum absolute atomic E-state index is 13.2. The Bertz CT molecular complexity index is 794. The van der Waals surface area contributed by atoms with E-state index in [0.717, 1.165) is 12.1 Å². The molecule has 1 atom stereocenters. The number of hydrogen-bond acceptors (Lipinski definition) is 4. The second-order valence-electron chi connectivity index (χ2n) is 4.88. The van der Waals surface area contributed by atoms with Crippen LogP contribution in [0.3, 0.4) is 0 Å². The van der Waals surface area contributed by atoms with Gasteiger partial charge in [0.2, 0.25) is 5.91 Å². The van der Waals surface area contributed by atoms with Crippen LogP contribution in [0.15, 0.2) is 40.1 Å². The molecule has 0 aliphatic carbocycles. The van der Waals surface area contributed by atoms with Crippen LogP contribution in [0.2, 0.25) is 0 Å². The number of rotatable bonds is 5. The largest absolute Gasteiger partial charge is 0.467 e. The van der Waals surface area contributed by atoms with Gasteiger partial charge in [0.1, 0.15) is 5.76 Å². The van der Waals surface area contributed by atoms with Gasteiger partial charge >= 0.3 is 0 Å². The van der Waals surface area contributed by atoms with Gasteiger partial charge in [-0.2, -0.15) is 0 Å². The monoisotopic (exact) mass is 337 g/mol. The lowest BCUT2D eigenvalue weighted by Gasteiger charge is -2.09. The lowest BCUT2D eigenvalue weighted by Crippen LogP contribution is -2.30. The van der Waals surface area contributed by atoms with Crippen LogP contribution in [-0.4, -0.2) is 21.1 Å². The summed E-state index contributed by atoms with van der Waals surface area (Å²) in [7, 11) is 0. The molecule has 0 spiro atoms. The zero-order valence-electron chi connectivity index (χ0n) is 12.1. The number of aromatic amines is 1. The van der Waals surface area contributed by atoms with Gasteiger partial charge in [-0.1, -0.05) is 11.8 Å². The number of benzene rings is 1. The Morgan fingerprint density at radius 2 is 2.22 bits per heavy atom. The summed E-state index contributed by atoms with van der Waals surface area (Å²) in [6.07, 6.45) is 1.53. The summed E-state index contributed by atoms with van der Waals surface area (Å²) in [4.78, 5) is 19.0. The van der Waals surface area contributed by atoms with Crippen LogP contribution >= 0.6 is 11.8 Å². The molecule has 23 heavy (non-hydrogen) atoms. The molecule has 0 aliphatic heterocycles. The Labute approximate surface area is 134 Å². The quantitative estimate of drug-likeness (QED) is 0.701. The summed E-state index contributed by atoms with van der Waals surface area (Å²) in [6.45, 7) is 2.02. The fraction of sp³-hybridized carbons (Fsp3) is 0.200. The van der Waals surface area contributed by atoms with Gasteiger partial charge in [-0.3, -0.25) is 4.79 Å². The lowest BCUT2D eigenvalue weighted by molar-refractivity contribution is -0.120. The van der Waals surface area contributed by atoms with Crippen LogP contribution in [0.5, 0.6) is 0 Å². The van der Waals surface area contributed by atoms with Crippen molar-refractivity contribution < 1.29 is 18.0 Å². The SMILES string of the molecule is C[C@@H](Sc1nc2cc(F)c(F)cc2[nH]1)C(=O)NCc1ccco1. The highest BCUT2D eigenvalue weighted by molar-refractivity contribution is 8.00. The fourth-order valence-electron chi connectivity index (χ4n) is 1.99. The van der Waals surface area contributed by atoms with E-state index in [9.17, 15) is 13.6 Å². The summed E-state index contributed by atoms with van der Waals surface area (Å²) in [5.41, 5.74) is 0.698. The molecule has 2 N–H and O–H groups in total. The average Bonchev–Trinajstić information content (AvgIpc) is 3.14. The van der Waals surface area contributed by atoms with E-state index in [-0.39, 0.29) is 5.91 Å². The van der Waals surface area contributed by atoms with E-state index in [4.69, 9.17) is 4.42 Å². The second kappa shape index (κ2) is 6.41. The smallest absolute Gasteiger partial charge is 0.233 e. The van der Waals surface area contributed by atoms with Crippen LogP contribution in [0, 0.1) is 11.6 Å². The highest BCUT2D eigenvalue weighted by Gasteiger charge is 2.17. The van der Waals surface area contributed by atoms with Crippen molar-refractivity contribution in [2.24, 2.45) is 0 Å². The molecule has 1 amide bonds. The lowest BCUT2D eigenvalue weighted by atomic mass is 10.3. The van der Waals surface area contributed by atoms with E-state index in [2.05, 4.69) is 15.3 Å². The van der Waals surface area contributed by atoms with E-state index in [1.807, 2.05) is 0 Å². The minimum Gasteiger partial charge on any atom is -0.467 e. The van der Waals surface area contributed by atoms with Gasteiger partial charge in [-0.25, -0.2) is 13.8 Å². The number of H-pyrrole nitrogens is 1. The molecule has 0 unspecified atom stereocenters. The van der Waals surface area contributed by atoms with Crippen molar-refractivity contribution in [1.29, 1.82) is 0 Å². The van der Waals surface area contributed by atoms with Gasteiger partial charge in [-0.05, 0) is 19.1 Å². The second-order valence-corrected chi connectivity index (χ2v) is 6.21. The number of nitrogens with zero attached hydrogens (tertiary/aromatic N) is 1. The van der Waals surface area contributed by atoms with Crippen LogP contribution in [0.1, 0.15) is 12.7 Å². The Balaban J connectivity index is 1.64. The molecule has 3 aromatic rings. The zero-order chi connectivity index (χ0) is 16.4. The molecule has 0 saturated carbocycles. The van der Waals surface area contributed by atoms with Gasteiger partial charge in [0.25, 0.3) is 0 Å². The van der Waals surface area contributed by atoms with Crippen molar-refractivity contribution in [1.82, 2.24) is 15.3 Å². The Kier molecular flexibility index (Phi) is 4.33. The molecule has 0 bridgehead atoms. The van der Waals surface area contributed by atoms with E-state index >= 15 is 0 Å². The van der Waals surface area contributed by atoms with Gasteiger partial charge in [0.15, 0.2) is 16.8 Å². The molecule has 1 aromatic carbocycles. The van der Waals surface area contributed by atoms with E-state index in [1.54, 1.807) is 19.1 Å². The number of carbonyl (C=O) groups is 1. The Hall–Kier alpha value is -2.35. The molecular weight excluding hydrogens is 324 g/mol. The number of fused-ring (bicyclic) bond motifs is 1. The highest BCUT2D eigenvalue weighted by atomic mass is 32.2. The number of hydrogen-bond donors (Lipinski definition) is 2. The van der Waals surface area contributed by atoms with Crippen LogP contribution < -0.4 is 5.32 Å². The minimum absolute atomic E-state index is 0.191. The van der Waals surface area contributed by atoms with Crippen molar-refractivity contribution in [3.05, 3.63) is 47.9 Å².